The van der Waals surface area contributed by atoms with E-state index in [-0.39, 0.29) is 18.2 Å². The molecule has 6 heteroatoms. The number of ether oxygens (including phenoxy) is 2. The van der Waals surface area contributed by atoms with Crippen molar-refractivity contribution in [3.8, 4) is 0 Å². The van der Waals surface area contributed by atoms with Crippen molar-refractivity contribution in [1.82, 2.24) is 9.55 Å². The SMILES string of the molecule is CC[C@@H]1C[C@@H](OC(=O)c2ccccc2)[C@H](n2cc(C)c3c(N)ccnc32)O1. The van der Waals surface area contributed by atoms with Crippen molar-refractivity contribution in [2.75, 3.05) is 5.73 Å². The van der Waals surface area contributed by atoms with Crippen molar-refractivity contribution in [2.45, 2.75) is 45.1 Å². The van der Waals surface area contributed by atoms with E-state index in [0.29, 0.717) is 17.7 Å². The van der Waals surface area contributed by atoms with E-state index in [0.717, 1.165) is 23.0 Å². The van der Waals surface area contributed by atoms with Crippen LogP contribution in [0.5, 0.6) is 0 Å². The molecule has 4 rings (SSSR count). The monoisotopic (exact) mass is 365 g/mol. The molecular formula is C21H23N3O3. The lowest BCUT2D eigenvalue weighted by molar-refractivity contribution is -0.0465. The van der Waals surface area contributed by atoms with Gasteiger partial charge in [-0.2, -0.15) is 0 Å². The highest BCUT2D eigenvalue weighted by Crippen LogP contribution is 2.37. The summed E-state index contributed by atoms with van der Waals surface area (Å²) in [6.45, 7) is 4.06. The van der Waals surface area contributed by atoms with Crippen molar-refractivity contribution < 1.29 is 14.3 Å². The maximum absolute atomic E-state index is 12.6. The zero-order valence-electron chi connectivity index (χ0n) is 15.5. The van der Waals surface area contributed by atoms with Gasteiger partial charge in [0.25, 0.3) is 0 Å². The Morgan fingerprint density at radius 1 is 1.33 bits per heavy atom. The normalized spacial score (nSPS) is 22.2. The standard InChI is InChI=1S/C21H23N3O3/c1-3-15-11-17(27-21(25)14-7-5-4-6-8-14)20(26-15)24-12-13(2)18-16(22)9-10-23-19(18)24/h4-10,12,15,17,20H,3,11H2,1-2H3,(H2,22,23)/t15-,17-,20-/m1/s1. The molecule has 1 aliphatic heterocycles. The number of aryl methyl sites for hydroxylation is 1. The first kappa shape index (κ1) is 17.5. The number of anilines is 1. The van der Waals surface area contributed by atoms with E-state index in [1.54, 1.807) is 24.4 Å². The second-order valence-corrected chi connectivity index (χ2v) is 6.92. The van der Waals surface area contributed by atoms with Gasteiger partial charge in [-0.15, -0.1) is 0 Å². The third-order valence-corrected chi connectivity index (χ3v) is 5.08. The molecular weight excluding hydrogens is 342 g/mol. The zero-order chi connectivity index (χ0) is 19.0. The largest absolute Gasteiger partial charge is 0.454 e. The Bertz CT molecular complexity index is 967. The molecule has 0 amide bonds. The molecule has 3 aromatic rings. The van der Waals surface area contributed by atoms with E-state index in [9.17, 15) is 4.79 Å². The van der Waals surface area contributed by atoms with Crippen molar-refractivity contribution >= 4 is 22.7 Å². The lowest BCUT2D eigenvalue weighted by Crippen LogP contribution is -2.25. The lowest BCUT2D eigenvalue weighted by Gasteiger charge is -2.21. The number of rotatable bonds is 4. The Kier molecular flexibility index (Phi) is 4.58. The number of nitrogens with zero attached hydrogens (tertiary/aromatic N) is 2. The first-order chi connectivity index (χ1) is 13.1. The number of aromatic nitrogens is 2. The lowest BCUT2D eigenvalue weighted by atomic mass is 10.1. The molecule has 3 atom stereocenters. The molecule has 27 heavy (non-hydrogen) atoms. The number of pyridine rings is 1. The van der Waals surface area contributed by atoms with E-state index in [4.69, 9.17) is 15.2 Å². The van der Waals surface area contributed by atoms with Crippen molar-refractivity contribution in [1.29, 1.82) is 0 Å². The predicted octanol–water partition coefficient (Wildman–Crippen LogP) is 3.85. The molecule has 140 valence electrons. The number of fused-ring (bicyclic) bond motifs is 1. The minimum atomic E-state index is -0.423. The molecule has 0 spiro atoms. The number of carbonyl (C=O) groups is 1. The number of nitrogen functional groups attached to an aromatic ring is 1. The summed E-state index contributed by atoms with van der Waals surface area (Å²) >= 11 is 0. The Labute approximate surface area is 157 Å². The van der Waals surface area contributed by atoms with Gasteiger partial charge in [0.05, 0.1) is 11.7 Å². The van der Waals surface area contributed by atoms with E-state index in [1.165, 1.54) is 0 Å². The van der Waals surface area contributed by atoms with E-state index < -0.39 is 6.23 Å². The third kappa shape index (κ3) is 3.17. The average Bonchev–Trinajstić information content (AvgIpc) is 3.24. The Morgan fingerprint density at radius 3 is 2.85 bits per heavy atom. The minimum Gasteiger partial charge on any atom is -0.454 e. The van der Waals surface area contributed by atoms with Gasteiger partial charge in [0.2, 0.25) is 0 Å². The van der Waals surface area contributed by atoms with Gasteiger partial charge >= 0.3 is 5.97 Å². The van der Waals surface area contributed by atoms with Gasteiger partial charge in [0.15, 0.2) is 6.23 Å². The van der Waals surface area contributed by atoms with Crippen LogP contribution < -0.4 is 5.73 Å². The average molecular weight is 365 g/mol. The van der Waals surface area contributed by atoms with Crippen LogP contribution in [-0.4, -0.2) is 27.7 Å². The van der Waals surface area contributed by atoms with Crippen LogP contribution in [0.2, 0.25) is 0 Å². The van der Waals surface area contributed by atoms with Gasteiger partial charge in [-0.3, -0.25) is 0 Å². The summed E-state index contributed by atoms with van der Waals surface area (Å²) in [6.07, 6.45) is 4.38. The molecule has 0 saturated carbocycles. The van der Waals surface area contributed by atoms with E-state index in [2.05, 4.69) is 11.9 Å². The molecule has 1 aromatic carbocycles. The van der Waals surface area contributed by atoms with Crippen LogP contribution in [0, 0.1) is 6.92 Å². The summed E-state index contributed by atoms with van der Waals surface area (Å²) in [5.74, 6) is -0.341. The van der Waals surface area contributed by atoms with Gasteiger partial charge in [-0.25, -0.2) is 9.78 Å². The second-order valence-electron chi connectivity index (χ2n) is 6.92. The zero-order valence-corrected chi connectivity index (χ0v) is 15.5. The number of nitrogens with two attached hydrogens (primary N) is 1. The van der Waals surface area contributed by atoms with Crippen LogP contribution in [0.15, 0.2) is 48.8 Å². The maximum Gasteiger partial charge on any atom is 0.338 e. The molecule has 0 aliphatic carbocycles. The summed E-state index contributed by atoms with van der Waals surface area (Å²) in [4.78, 5) is 17.1. The maximum atomic E-state index is 12.6. The van der Waals surface area contributed by atoms with Gasteiger partial charge in [0, 0.05) is 29.9 Å². The number of carbonyl (C=O) groups excluding carboxylic acids is 1. The molecule has 3 heterocycles. The summed E-state index contributed by atoms with van der Waals surface area (Å²) in [7, 11) is 0. The smallest absolute Gasteiger partial charge is 0.338 e. The molecule has 2 aromatic heterocycles. The van der Waals surface area contributed by atoms with Crippen LogP contribution >= 0.6 is 0 Å². The molecule has 2 N–H and O–H groups in total. The van der Waals surface area contributed by atoms with Crippen LogP contribution in [0.4, 0.5) is 5.69 Å². The second kappa shape index (κ2) is 7.04. The molecule has 1 aliphatic rings. The Hall–Kier alpha value is -2.86. The number of benzene rings is 1. The van der Waals surface area contributed by atoms with Crippen molar-refractivity contribution in [3.05, 3.63) is 59.9 Å². The van der Waals surface area contributed by atoms with E-state index in [1.807, 2.05) is 35.9 Å². The van der Waals surface area contributed by atoms with Gasteiger partial charge < -0.3 is 19.8 Å². The molecule has 1 saturated heterocycles. The number of esters is 1. The first-order valence-electron chi connectivity index (χ1n) is 9.21. The molecule has 0 unspecified atom stereocenters. The number of hydrogen-bond acceptors (Lipinski definition) is 5. The first-order valence-corrected chi connectivity index (χ1v) is 9.21. The topological polar surface area (TPSA) is 79.4 Å². The predicted molar refractivity (Wildman–Crippen MR) is 103 cm³/mol. The van der Waals surface area contributed by atoms with Gasteiger partial charge in [-0.05, 0) is 37.1 Å². The van der Waals surface area contributed by atoms with Crippen LogP contribution in [-0.2, 0) is 9.47 Å². The fraction of sp³-hybridized carbons (Fsp3) is 0.333. The van der Waals surface area contributed by atoms with Gasteiger partial charge in [-0.1, -0.05) is 25.1 Å². The molecule has 1 fully saturated rings. The number of hydrogen-bond donors (Lipinski definition) is 1. The van der Waals surface area contributed by atoms with Crippen molar-refractivity contribution in [2.24, 2.45) is 0 Å². The van der Waals surface area contributed by atoms with Gasteiger partial charge in [0.1, 0.15) is 11.8 Å². The van der Waals surface area contributed by atoms with Crippen LogP contribution in [0.1, 0.15) is 41.9 Å². The quantitative estimate of drug-likeness (QED) is 0.711. The highest BCUT2D eigenvalue weighted by atomic mass is 16.6. The summed E-state index contributed by atoms with van der Waals surface area (Å²) in [6, 6.07) is 10.8. The summed E-state index contributed by atoms with van der Waals surface area (Å²) in [5.41, 5.74) is 9.11. The fourth-order valence-corrected chi connectivity index (χ4v) is 3.70. The minimum absolute atomic E-state index is 0.0300. The molecule has 0 radical (unpaired) electrons. The molecule has 0 bridgehead atoms. The van der Waals surface area contributed by atoms with Crippen LogP contribution in [0.3, 0.4) is 0 Å². The Morgan fingerprint density at radius 2 is 2.11 bits per heavy atom. The summed E-state index contributed by atoms with van der Waals surface area (Å²) in [5, 5.41) is 0.911. The molecule has 6 nitrogen and oxygen atoms in total. The van der Waals surface area contributed by atoms with E-state index >= 15 is 0 Å². The highest BCUT2D eigenvalue weighted by molar-refractivity contribution is 5.92. The highest BCUT2D eigenvalue weighted by Gasteiger charge is 2.39. The van der Waals surface area contributed by atoms with Crippen molar-refractivity contribution in [3.63, 3.8) is 0 Å². The fourth-order valence-electron chi connectivity index (χ4n) is 3.70. The summed E-state index contributed by atoms with van der Waals surface area (Å²) < 4.78 is 14.0. The third-order valence-electron chi connectivity index (χ3n) is 5.08. The van der Waals surface area contributed by atoms with Crippen LogP contribution in [0.25, 0.3) is 11.0 Å². The Balaban J connectivity index is 1.68.